The van der Waals surface area contributed by atoms with Crippen molar-refractivity contribution in [3.8, 4) is 0 Å². The van der Waals surface area contributed by atoms with Gasteiger partial charge < -0.3 is 9.64 Å². The van der Waals surface area contributed by atoms with Crippen molar-refractivity contribution in [1.82, 2.24) is 4.90 Å². The van der Waals surface area contributed by atoms with Crippen LogP contribution in [-0.4, -0.2) is 25.6 Å². The maximum Gasteiger partial charge on any atom is 0.0920 e. The summed E-state index contributed by atoms with van der Waals surface area (Å²) in [6.07, 6.45) is 3.46. The van der Waals surface area contributed by atoms with E-state index in [4.69, 9.17) is 4.74 Å². The molecule has 0 fully saturated rings. The van der Waals surface area contributed by atoms with Gasteiger partial charge in [-0.15, -0.1) is 11.3 Å². The standard InChI is InChI=1S/C22H25NOS/c1-23(2)19(16-8-4-3-5-9-16)12-13-20-22-18(14-15-24-20)17-10-6-7-11-21(17)25-22/h3-11,19-20H,12-15H2,1-2H3. The zero-order valence-corrected chi connectivity index (χ0v) is 15.8. The predicted octanol–water partition coefficient (Wildman–Crippen LogP) is 5.60. The van der Waals surface area contributed by atoms with E-state index in [0.717, 1.165) is 25.9 Å². The van der Waals surface area contributed by atoms with E-state index in [1.807, 2.05) is 11.3 Å². The van der Waals surface area contributed by atoms with Gasteiger partial charge in [0, 0.05) is 15.6 Å². The van der Waals surface area contributed by atoms with Gasteiger partial charge in [-0.05, 0) is 55.9 Å². The molecule has 1 aliphatic heterocycles. The lowest BCUT2D eigenvalue weighted by molar-refractivity contribution is 0.0338. The molecule has 2 unspecified atom stereocenters. The van der Waals surface area contributed by atoms with Crippen LogP contribution in [0.2, 0.25) is 0 Å². The van der Waals surface area contributed by atoms with Gasteiger partial charge in [-0.2, -0.15) is 0 Å². The number of ether oxygens (including phenoxy) is 1. The van der Waals surface area contributed by atoms with Gasteiger partial charge in [0.05, 0.1) is 12.7 Å². The topological polar surface area (TPSA) is 12.5 Å². The van der Waals surface area contributed by atoms with Crippen LogP contribution in [-0.2, 0) is 11.2 Å². The SMILES string of the molecule is CN(C)C(CCC1OCCc2c1sc1ccccc21)c1ccccc1. The molecule has 0 saturated heterocycles. The monoisotopic (exact) mass is 351 g/mol. The number of rotatable bonds is 5. The zero-order valence-electron chi connectivity index (χ0n) is 14.9. The van der Waals surface area contributed by atoms with Crippen LogP contribution in [0.3, 0.4) is 0 Å². The van der Waals surface area contributed by atoms with Crippen LogP contribution in [0.15, 0.2) is 54.6 Å². The fourth-order valence-corrected chi connectivity index (χ4v) is 5.27. The van der Waals surface area contributed by atoms with Gasteiger partial charge in [0.25, 0.3) is 0 Å². The van der Waals surface area contributed by atoms with Gasteiger partial charge in [0.2, 0.25) is 0 Å². The lowest BCUT2D eigenvalue weighted by Crippen LogP contribution is -2.22. The molecule has 2 nitrogen and oxygen atoms in total. The number of benzene rings is 2. The molecular weight excluding hydrogens is 326 g/mol. The van der Waals surface area contributed by atoms with Crippen LogP contribution in [0.1, 0.15) is 41.0 Å². The molecule has 0 amide bonds. The lowest BCUT2D eigenvalue weighted by Gasteiger charge is -2.28. The maximum absolute atomic E-state index is 6.19. The second-order valence-corrected chi connectivity index (χ2v) is 8.10. The van der Waals surface area contributed by atoms with Gasteiger partial charge in [-0.3, -0.25) is 0 Å². The number of thiophene rings is 1. The number of hydrogen-bond donors (Lipinski definition) is 0. The summed E-state index contributed by atoms with van der Waals surface area (Å²) < 4.78 is 7.59. The molecule has 3 heteroatoms. The number of hydrogen-bond acceptors (Lipinski definition) is 3. The summed E-state index contributed by atoms with van der Waals surface area (Å²) in [5.41, 5.74) is 2.91. The van der Waals surface area contributed by atoms with Gasteiger partial charge in [-0.25, -0.2) is 0 Å². The Morgan fingerprint density at radius 3 is 2.64 bits per heavy atom. The van der Waals surface area contributed by atoms with E-state index in [1.54, 1.807) is 0 Å². The van der Waals surface area contributed by atoms with E-state index in [2.05, 4.69) is 73.6 Å². The molecule has 0 bridgehead atoms. The van der Waals surface area contributed by atoms with Crippen molar-refractivity contribution in [3.63, 3.8) is 0 Å². The normalized spacial score (nSPS) is 18.4. The molecule has 1 aliphatic rings. The Hall–Kier alpha value is -1.68. The van der Waals surface area contributed by atoms with Crippen molar-refractivity contribution >= 4 is 21.4 Å². The van der Waals surface area contributed by atoms with Crippen molar-refractivity contribution in [1.29, 1.82) is 0 Å². The molecule has 2 heterocycles. The summed E-state index contributed by atoms with van der Waals surface area (Å²) in [6.45, 7) is 0.844. The minimum absolute atomic E-state index is 0.243. The third kappa shape index (κ3) is 3.37. The van der Waals surface area contributed by atoms with Gasteiger partial charge in [-0.1, -0.05) is 48.5 Å². The molecule has 0 spiro atoms. The Bertz CT molecular complexity index is 840. The van der Waals surface area contributed by atoms with Gasteiger partial charge in [0.1, 0.15) is 0 Å². The molecule has 0 aliphatic carbocycles. The average molecular weight is 352 g/mol. The molecule has 2 atom stereocenters. The largest absolute Gasteiger partial charge is 0.372 e. The van der Waals surface area contributed by atoms with Crippen molar-refractivity contribution in [3.05, 3.63) is 70.6 Å². The first kappa shape index (κ1) is 16.8. The smallest absolute Gasteiger partial charge is 0.0920 e. The minimum Gasteiger partial charge on any atom is -0.372 e. The van der Waals surface area contributed by atoms with Crippen molar-refractivity contribution in [2.45, 2.75) is 31.4 Å². The van der Waals surface area contributed by atoms with Crippen molar-refractivity contribution in [2.75, 3.05) is 20.7 Å². The molecule has 0 N–H and O–H groups in total. The van der Waals surface area contributed by atoms with Crippen LogP contribution in [0.25, 0.3) is 10.1 Å². The summed E-state index contributed by atoms with van der Waals surface area (Å²) in [6, 6.07) is 20.0. The summed E-state index contributed by atoms with van der Waals surface area (Å²) in [5.74, 6) is 0. The predicted molar refractivity (Wildman–Crippen MR) is 106 cm³/mol. The molecule has 25 heavy (non-hydrogen) atoms. The third-order valence-electron chi connectivity index (χ3n) is 5.20. The van der Waals surface area contributed by atoms with Crippen LogP contribution < -0.4 is 0 Å². The Balaban J connectivity index is 1.56. The Morgan fingerprint density at radius 1 is 1.08 bits per heavy atom. The first-order valence-electron chi connectivity index (χ1n) is 9.07. The fourth-order valence-electron chi connectivity index (χ4n) is 3.94. The van der Waals surface area contributed by atoms with Crippen molar-refractivity contribution < 1.29 is 4.74 Å². The zero-order chi connectivity index (χ0) is 17.2. The van der Waals surface area contributed by atoms with E-state index in [0.29, 0.717) is 6.04 Å². The molecular formula is C22H25NOS. The first-order chi connectivity index (χ1) is 12.2. The highest BCUT2D eigenvalue weighted by molar-refractivity contribution is 7.19. The quantitative estimate of drug-likeness (QED) is 0.593. The van der Waals surface area contributed by atoms with Crippen LogP contribution >= 0.6 is 11.3 Å². The van der Waals surface area contributed by atoms with Crippen LogP contribution in [0.4, 0.5) is 0 Å². The third-order valence-corrected chi connectivity index (χ3v) is 6.51. The first-order valence-corrected chi connectivity index (χ1v) is 9.89. The second-order valence-electron chi connectivity index (χ2n) is 7.02. The fraction of sp³-hybridized carbons (Fsp3) is 0.364. The van der Waals surface area contributed by atoms with E-state index >= 15 is 0 Å². The second kappa shape index (κ2) is 7.28. The number of fused-ring (bicyclic) bond motifs is 3. The summed E-state index contributed by atoms with van der Waals surface area (Å²) >= 11 is 1.93. The van der Waals surface area contributed by atoms with E-state index < -0.39 is 0 Å². The van der Waals surface area contributed by atoms with Gasteiger partial charge in [0.15, 0.2) is 0 Å². The summed E-state index contributed by atoms with van der Waals surface area (Å²) in [5, 5.41) is 1.43. The van der Waals surface area contributed by atoms with E-state index in [9.17, 15) is 0 Å². The molecule has 0 radical (unpaired) electrons. The Morgan fingerprint density at radius 2 is 1.84 bits per heavy atom. The summed E-state index contributed by atoms with van der Waals surface area (Å²) in [7, 11) is 4.34. The molecule has 4 rings (SSSR count). The highest BCUT2D eigenvalue weighted by Gasteiger charge is 2.26. The van der Waals surface area contributed by atoms with E-state index in [1.165, 1.54) is 26.1 Å². The molecule has 2 aromatic carbocycles. The molecule has 130 valence electrons. The van der Waals surface area contributed by atoms with Crippen molar-refractivity contribution in [2.24, 2.45) is 0 Å². The van der Waals surface area contributed by atoms with Crippen LogP contribution in [0.5, 0.6) is 0 Å². The van der Waals surface area contributed by atoms with Crippen LogP contribution in [0, 0.1) is 0 Å². The Labute approximate surface area is 154 Å². The maximum atomic E-state index is 6.19. The highest BCUT2D eigenvalue weighted by Crippen LogP contribution is 2.42. The lowest BCUT2D eigenvalue weighted by atomic mass is 9.96. The van der Waals surface area contributed by atoms with Gasteiger partial charge >= 0.3 is 0 Å². The minimum atomic E-state index is 0.243. The summed E-state index contributed by atoms with van der Waals surface area (Å²) in [4.78, 5) is 3.78. The molecule has 1 aromatic heterocycles. The Kier molecular flexibility index (Phi) is 4.89. The average Bonchev–Trinajstić information content (AvgIpc) is 3.02. The number of nitrogens with zero attached hydrogens (tertiary/aromatic N) is 1. The highest BCUT2D eigenvalue weighted by atomic mass is 32.1. The molecule has 3 aromatic rings. The molecule has 0 saturated carbocycles. The van der Waals surface area contributed by atoms with E-state index in [-0.39, 0.29) is 6.10 Å².